The molecule has 6 rings (SSSR count). The molecule has 2 aliphatic rings. The lowest BCUT2D eigenvalue weighted by Crippen LogP contribution is -2.24. The number of aromatic amines is 2. The fourth-order valence-electron chi connectivity index (χ4n) is 6.31. The van der Waals surface area contributed by atoms with Crippen LogP contribution < -0.4 is 11.1 Å². The van der Waals surface area contributed by atoms with Crippen LogP contribution in [0, 0.1) is 13.8 Å². The van der Waals surface area contributed by atoms with Crippen molar-refractivity contribution in [2.75, 3.05) is 0 Å². The van der Waals surface area contributed by atoms with Crippen molar-refractivity contribution in [1.29, 1.82) is 0 Å². The molecule has 0 bridgehead atoms. The van der Waals surface area contributed by atoms with Crippen molar-refractivity contribution in [3.8, 4) is 0 Å². The summed E-state index contributed by atoms with van der Waals surface area (Å²) in [5.41, 5.74) is 9.12. The highest BCUT2D eigenvalue weighted by Gasteiger charge is 2.26. The predicted molar refractivity (Wildman–Crippen MR) is 153 cm³/mol. The molecule has 0 radical (unpaired) electrons. The van der Waals surface area contributed by atoms with Crippen molar-refractivity contribution in [2.45, 2.75) is 70.8 Å². The van der Waals surface area contributed by atoms with Crippen molar-refractivity contribution in [2.24, 2.45) is 0 Å². The fraction of sp³-hybridized carbons (Fsp3) is 0.344. The Morgan fingerprint density at radius 1 is 0.775 bits per heavy atom. The van der Waals surface area contributed by atoms with Gasteiger partial charge in [0.05, 0.1) is 12.2 Å². The second-order valence-electron chi connectivity index (χ2n) is 10.7. The average Bonchev–Trinajstić information content (AvgIpc) is 2.98. The summed E-state index contributed by atoms with van der Waals surface area (Å²) >= 11 is 0. The van der Waals surface area contributed by atoms with Gasteiger partial charge in [0.15, 0.2) is 6.29 Å². The molecule has 8 heteroatoms. The van der Waals surface area contributed by atoms with Crippen LogP contribution in [0.4, 0.5) is 0 Å². The van der Waals surface area contributed by atoms with E-state index in [4.69, 9.17) is 0 Å². The number of aliphatic hydroxyl groups is 1. The lowest BCUT2D eigenvalue weighted by atomic mass is 9.78. The molecule has 3 N–H and O–H groups in total. The van der Waals surface area contributed by atoms with Crippen molar-refractivity contribution in [3.05, 3.63) is 126 Å². The maximum atomic E-state index is 11.9. The number of aldehydes is 1. The Labute approximate surface area is 232 Å². The predicted octanol–water partition coefficient (Wildman–Crippen LogP) is 4.01. The molecule has 206 valence electrons. The molecule has 0 aromatic carbocycles. The largest absolute Gasteiger partial charge is 0.391 e. The van der Waals surface area contributed by atoms with Crippen LogP contribution in [-0.2, 0) is 32.3 Å². The lowest BCUT2D eigenvalue weighted by Gasteiger charge is -2.27. The topological polar surface area (TPSA) is 129 Å². The van der Waals surface area contributed by atoms with E-state index >= 15 is 0 Å². The lowest BCUT2D eigenvalue weighted by molar-refractivity contribution is 0.112. The van der Waals surface area contributed by atoms with Gasteiger partial charge < -0.3 is 15.1 Å². The molecule has 0 saturated heterocycles. The van der Waals surface area contributed by atoms with Crippen LogP contribution in [0.3, 0.4) is 0 Å². The number of hydrogen-bond acceptors (Lipinski definition) is 6. The van der Waals surface area contributed by atoms with Crippen molar-refractivity contribution in [1.82, 2.24) is 19.9 Å². The number of nitrogens with one attached hydrogen (secondary N) is 2. The molecule has 0 spiro atoms. The van der Waals surface area contributed by atoms with Crippen LogP contribution in [0.1, 0.15) is 85.4 Å². The van der Waals surface area contributed by atoms with Crippen molar-refractivity contribution < 1.29 is 9.90 Å². The van der Waals surface area contributed by atoms with Crippen LogP contribution >= 0.6 is 0 Å². The first-order valence-electron chi connectivity index (χ1n) is 13.7. The van der Waals surface area contributed by atoms with E-state index < -0.39 is 0 Å². The third-order valence-electron chi connectivity index (χ3n) is 8.46. The van der Waals surface area contributed by atoms with Gasteiger partial charge in [-0.3, -0.25) is 24.4 Å². The molecule has 0 aliphatic heterocycles. The summed E-state index contributed by atoms with van der Waals surface area (Å²) < 4.78 is 0. The molecule has 8 nitrogen and oxygen atoms in total. The molecule has 4 heterocycles. The maximum absolute atomic E-state index is 11.9. The maximum Gasteiger partial charge on any atom is 0.259 e. The number of carbonyl (C=O) groups is 1. The van der Waals surface area contributed by atoms with E-state index in [1.54, 1.807) is 12.4 Å². The number of carbonyl (C=O) groups excluding carboxylic acids is 1. The second-order valence-corrected chi connectivity index (χ2v) is 10.7. The third kappa shape index (κ3) is 5.45. The highest BCUT2D eigenvalue weighted by molar-refractivity contribution is 5.77. The number of pyridine rings is 4. The Kier molecular flexibility index (Phi) is 8.16. The first-order chi connectivity index (χ1) is 19.4. The van der Waals surface area contributed by atoms with Gasteiger partial charge in [0.25, 0.3) is 11.1 Å². The van der Waals surface area contributed by atoms with Crippen LogP contribution in [0.5, 0.6) is 0 Å². The van der Waals surface area contributed by atoms with Crippen LogP contribution in [-0.4, -0.2) is 31.3 Å². The Morgan fingerprint density at radius 2 is 1.25 bits per heavy atom. The number of hydrogen-bond donors (Lipinski definition) is 3. The van der Waals surface area contributed by atoms with E-state index in [1.807, 2.05) is 38.4 Å². The molecule has 0 fully saturated rings. The molecular weight excluding hydrogens is 504 g/mol. The number of rotatable bonds is 4. The Morgan fingerprint density at radius 3 is 1.75 bits per heavy atom. The zero-order valence-electron chi connectivity index (χ0n) is 22.9. The minimum absolute atomic E-state index is 0.147. The number of aliphatic hydroxyl groups excluding tert-OH is 1. The van der Waals surface area contributed by atoms with Gasteiger partial charge in [0, 0.05) is 41.7 Å². The molecular formula is C32H34N4O4. The summed E-state index contributed by atoms with van der Waals surface area (Å²) in [6.45, 7) is 3.66. The zero-order chi connectivity index (χ0) is 28.2. The van der Waals surface area contributed by atoms with E-state index in [0.29, 0.717) is 29.2 Å². The number of nitrogens with zero attached hydrogens (tertiary/aromatic N) is 2. The number of H-pyrrole nitrogens is 2. The summed E-state index contributed by atoms with van der Waals surface area (Å²) in [7, 11) is 0. The standard InChI is InChI=1S/C16H18N2O2.C16H16N2O2/c2*1-10-14-8-12(11-4-6-17-7-5-11)2-3-13(14)15(9-19)16(20)18-10/h4-7,12,19H,2-3,8-9H2,1H3,(H,18,20);4-7,9,12H,2-3,8H2,1H3,(H,18,20). The SMILES string of the molecule is Cc1[nH]c(=O)c(C=O)c2c1CC(c1ccncc1)CC2.Cc1[nH]c(=O)c(CO)c2c1CC(c1ccncc1)CC2. The van der Waals surface area contributed by atoms with Gasteiger partial charge >= 0.3 is 0 Å². The highest BCUT2D eigenvalue weighted by atomic mass is 16.3. The number of fused-ring (bicyclic) bond motifs is 2. The summed E-state index contributed by atoms with van der Waals surface area (Å²) in [5.74, 6) is 0.885. The molecule has 4 aromatic rings. The molecule has 0 saturated carbocycles. The number of aromatic nitrogens is 4. The monoisotopic (exact) mass is 538 g/mol. The van der Waals surface area contributed by atoms with Gasteiger partial charge in [0.1, 0.15) is 0 Å². The van der Waals surface area contributed by atoms with E-state index in [1.165, 1.54) is 16.7 Å². The molecule has 2 aliphatic carbocycles. The molecule has 2 atom stereocenters. The summed E-state index contributed by atoms with van der Waals surface area (Å²) in [6.07, 6.45) is 13.3. The van der Waals surface area contributed by atoms with Gasteiger partial charge in [-0.15, -0.1) is 0 Å². The second kappa shape index (κ2) is 11.9. The summed E-state index contributed by atoms with van der Waals surface area (Å²) in [5, 5.41) is 9.42. The van der Waals surface area contributed by atoms with E-state index in [9.17, 15) is 19.5 Å². The van der Waals surface area contributed by atoms with Gasteiger partial charge in [-0.25, -0.2) is 0 Å². The van der Waals surface area contributed by atoms with E-state index in [2.05, 4.69) is 32.1 Å². The molecule has 2 unspecified atom stereocenters. The first kappa shape index (κ1) is 27.4. The van der Waals surface area contributed by atoms with Gasteiger partial charge in [-0.05, 0) is 122 Å². The van der Waals surface area contributed by atoms with Gasteiger partial charge in [-0.2, -0.15) is 0 Å². The van der Waals surface area contributed by atoms with Crippen LogP contribution in [0.25, 0.3) is 0 Å². The van der Waals surface area contributed by atoms with E-state index in [-0.39, 0.29) is 17.7 Å². The Bertz CT molecular complexity index is 1630. The summed E-state index contributed by atoms with van der Waals surface area (Å²) in [4.78, 5) is 48.6. The Hall–Kier alpha value is -4.17. The van der Waals surface area contributed by atoms with Gasteiger partial charge in [0.2, 0.25) is 0 Å². The van der Waals surface area contributed by atoms with Crippen molar-refractivity contribution >= 4 is 6.29 Å². The quantitative estimate of drug-likeness (QED) is 0.337. The number of aryl methyl sites for hydroxylation is 2. The Balaban J connectivity index is 0.000000161. The first-order valence-corrected chi connectivity index (χ1v) is 13.7. The average molecular weight is 539 g/mol. The zero-order valence-corrected chi connectivity index (χ0v) is 22.9. The van der Waals surface area contributed by atoms with E-state index in [0.717, 1.165) is 66.6 Å². The fourth-order valence-corrected chi connectivity index (χ4v) is 6.31. The van der Waals surface area contributed by atoms with Crippen molar-refractivity contribution in [3.63, 3.8) is 0 Å². The smallest absolute Gasteiger partial charge is 0.259 e. The minimum atomic E-state index is -0.265. The third-order valence-corrected chi connectivity index (χ3v) is 8.46. The molecule has 4 aromatic heterocycles. The minimum Gasteiger partial charge on any atom is -0.391 e. The molecule has 0 amide bonds. The normalized spacial score (nSPS) is 17.7. The van der Waals surface area contributed by atoms with Gasteiger partial charge in [-0.1, -0.05) is 0 Å². The highest BCUT2D eigenvalue weighted by Crippen LogP contribution is 2.35. The van der Waals surface area contributed by atoms with Crippen LogP contribution in [0.15, 0.2) is 58.6 Å². The summed E-state index contributed by atoms with van der Waals surface area (Å²) in [6, 6.07) is 8.20. The molecule has 40 heavy (non-hydrogen) atoms. The van der Waals surface area contributed by atoms with Crippen LogP contribution in [0.2, 0.25) is 0 Å².